The molecule has 5 heteroatoms. The first-order valence-corrected chi connectivity index (χ1v) is 5.63. The fourth-order valence-electron chi connectivity index (χ4n) is 2.47. The Kier molecular flexibility index (Phi) is 2.98. The summed E-state index contributed by atoms with van der Waals surface area (Å²) in [6.45, 7) is 0. The highest BCUT2D eigenvalue weighted by Crippen LogP contribution is 2.53. The Morgan fingerprint density at radius 2 is 1.78 bits per heavy atom. The van der Waals surface area contributed by atoms with E-state index in [9.17, 15) is 19.8 Å². The molecule has 0 aliphatic heterocycles. The SMILES string of the molecule is COc1ccc(C2CCC2(C(=O)O)C(=O)O)cc1. The molecule has 0 aromatic heterocycles. The van der Waals surface area contributed by atoms with Crippen molar-refractivity contribution in [2.24, 2.45) is 5.41 Å². The standard InChI is InChI=1S/C13H14O5/c1-18-9-4-2-8(3-5-9)10-6-7-13(10,11(14)15)12(16)17/h2-5,10H,6-7H2,1H3,(H,14,15)(H,16,17). The molecule has 2 N–H and O–H groups in total. The van der Waals surface area contributed by atoms with Gasteiger partial charge in [0.2, 0.25) is 0 Å². The lowest BCUT2D eigenvalue weighted by atomic mass is 9.57. The number of hydrogen-bond acceptors (Lipinski definition) is 3. The van der Waals surface area contributed by atoms with Gasteiger partial charge in [0.1, 0.15) is 5.75 Å². The summed E-state index contributed by atoms with van der Waals surface area (Å²) in [7, 11) is 1.54. The molecular weight excluding hydrogens is 236 g/mol. The van der Waals surface area contributed by atoms with Crippen LogP contribution in [0.4, 0.5) is 0 Å². The highest BCUT2D eigenvalue weighted by molar-refractivity contribution is 6.00. The molecule has 5 nitrogen and oxygen atoms in total. The van der Waals surface area contributed by atoms with E-state index in [1.807, 2.05) is 0 Å². The van der Waals surface area contributed by atoms with Gasteiger partial charge in [0, 0.05) is 5.92 Å². The summed E-state index contributed by atoms with van der Waals surface area (Å²) >= 11 is 0. The number of methoxy groups -OCH3 is 1. The number of carbonyl (C=O) groups is 2. The number of hydrogen-bond donors (Lipinski definition) is 2. The van der Waals surface area contributed by atoms with E-state index >= 15 is 0 Å². The summed E-state index contributed by atoms with van der Waals surface area (Å²) in [5.74, 6) is -2.34. The van der Waals surface area contributed by atoms with Crippen molar-refractivity contribution in [1.29, 1.82) is 0 Å². The van der Waals surface area contributed by atoms with E-state index in [0.717, 1.165) is 5.56 Å². The van der Waals surface area contributed by atoms with Crippen molar-refractivity contribution in [3.05, 3.63) is 29.8 Å². The van der Waals surface area contributed by atoms with Gasteiger partial charge in [-0.1, -0.05) is 12.1 Å². The zero-order chi connectivity index (χ0) is 13.3. The minimum atomic E-state index is -1.67. The van der Waals surface area contributed by atoms with Crippen LogP contribution in [0.5, 0.6) is 5.75 Å². The van der Waals surface area contributed by atoms with Gasteiger partial charge in [-0.2, -0.15) is 0 Å². The van der Waals surface area contributed by atoms with E-state index in [-0.39, 0.29) is 6.42 Å². The Balaban J connectivity index is 2.33. The Morgan fingerprint density at radius 1 is 1.22 bits per heavy atom. The van der Waals surface area contributed by atoms with Gasteiger partial charge in [-0.05, 0) is 30.5 Å². The lowest BCUT2D eigenvalue weighted by Crippen LogP contribution is -2.51. The zero-order valence-corrected chi connectivity index (χ0v) is 9.92. The maximum atomic E-state index is 11.2. The molecule has 1 aromatic rings. The van der Waals surface area contributed by atoms with Crippen LogP contribution in [0.2, 0.25) is 0 Å². The first-order valence-electron chi connectivity index (χ1n) is 5.63. The summed E-state index contributed by atoms with van der Waals surface area (Å²) in [6.07, 6.45) is 0.749. The van der Waals surface area contributed by atoms with Gasteiger partial charge in [-0.15, -0.1) is 0 Å². The smallest absolute Gasteiger partial charge is 0.321 e. The molecule has 0 bridgehead atoms. The van der Waals surface area contributed by atoms with Crippen LogP contribution in [-0.4, -0.2) is 29.3 Å². The molecule has 0 heterocycles. The van der Waals surface area contributed by atoms with Crippen LogP contribution in [0.1, 0.15) is 24.3 Å². The molecule has 0 amide bonds. The number of rotatable bonds is 4. The molecule has 1 aliphatic rings. The van der Waals surface area contributed by atoms with Gasteiger partial charge < -0.3 is 14.9 Å². The first kappa shape index (κ1) is 12.4. The molecule has 0 radical (unpaired) electrons. The minimum Gasteiger partial charge on any atom is -0.497 e. The summed E-state index contributed by atoms with van der Waals surface area (Å²) in [4.78, 5) is 22.5. The van der Waals surface area contributed by atoms with Gasteiger partial charge in [0.15, 0.2) is 5.41 Å². The van der Waals surface area contributed by atoms with Crippen molar-refractivity contribution in [2.75, 3.05) is 7.11 Å². The molecular formula is C13H14O5. The van der Waals surface area contributed by atoms with Gasteiger partial charge in [-0.3, -0.25) is 9.59 Å². The van der Waals surface area contributed by atoms with Crippen molar-refractivity contribution >= 4 is 11.9 Å². The highest BCUT2D eigenvalue weighted by atomic mass is 16.5. The normalized spacial score (nSPS) is 20.8. The Labute approximate surface area is 104 Å². The molecule has 1 aromatic carbocycles. The lowest BCUT2D eigenvalue weighted by Gasteiger charge is -2.42. The molecule has 18 heavy (non-hydrogen) atoms. The summed E-state index contributed by atoms with van der Waals surface area (Å²) in [5, 5.41) is 18.4. The quantitative estimate of drug-likeness (QED) is 0.795. The summed E-state index contributed by atoms with van der Waals surface area (Å²) in [5.41, 5.74) is -0.943. The Bertz CT molecular complexity index is 463. The van der Waals surface area contributed by atoms with Crippen molar-refractivity contribution in [2.45, 2.75) is 18.8 Å². The number of aliphatic carboxylic acids is 2. The third-order valence-corrected chi connectivity index (χ3v) is 3.70. The Morgan fingerprint density at radius 3 is 2.11 bits per heavy atom. The molecule has 0 saturated heterocycles. The molecule has 1 aliphatic carbocycles. The van der Waals surface area contributed by atoms with E-state index in [0.29, 0.717) is 12.2 Å². The van der Waals surface area contributed by atoms with E-state index < -0.39 is 23.3 Å². The number of benzene rings is 1. The van der Waals surface area contributed by atoms with Gasteiger partial charge in [0.05, 0.1) is 7.11 Å². The number of ether oxygens (including phenoxy) is 1. The summed E-state index contributed by atoms with van der Waals surface area (Å²) in [6, 6.07) is 6.87. The second kappa shape index (κ2) is 4.33. The van der Waals surface area contributed by atoms with Crippen LogP contribution in [0.15, 0.2) is 24.3 Å². The maximum Gasteiger partial charge on any atom is 0.321 e. The first-order chi connectivity index (χ1) is 8.52. The van der Waals surface area contributed by atoms with Crippen LogP contribution in [-0.2, 0) is 9.59 Å². The van der Waals surface area contributed by atoms with Crippen LogP contribution in [0.25, 0.3) is 0 Å². The van der Waals surface area contributed by atoms with Crippen molar-refractivity contribution in [1.82, 2.24) is 0 Å². The van der Waals surface area contributed by atoms with Gasteiger partial charge >= 0.3 is 11.9 Å². The molecule has 1 fully saturated rings. The van der Waals surface area contributed by atoms with E-state index in [1.54, 1.807) is 24.3 Å². The van der Waals surface area contributed by atoms with Gasteiger partial charge in [0.25, 0.3) is 0 Å². The van der Waals surface area contributed by atoms with Crippen LogP contribution < -0.4 is 4.74 Å². The maximum absolute atomic E-state index is 11.2. The van der Waals surface area contributed by atoms with Gasteiger partial charge in [-0.25, -0.2) is 0 Å². The summed E-state index contributed by atoms with van der Waals surface area (Å²) < 4.78 is 5.01. The molecule has 96 valence electrons. The molecule has 1 saturated carbocycles. The van der Waals surface area contributed by atoms with Crippen LogP contribution in [0.3, 0.4) is 0 Å². The van der Waals surface area contributed by atoms with Crippen LogP contribution >= 0.6 is 0 Å². The predicted molar refractivity (Wildman–Crippen MR) is 62.7 cm³/mol. The zero-order valence-electron chi connectivity index (χ0n) is 9.92. The molecule has 0 spiro atoms. The average molecular weight is 250 g/mol. The monoisotopic (exact) mass is 250 g/mol. The topological polar surface area (TPSA) is 83.8 Å². The average Bonchev–Trinajstić information content (AvgIpc) is 2.28. The highest BCUT2D eigenvalue weighted by Gasteiger charge is 2.59. The predicted octanol–water partition coefficient (Wildman–Crippen LogP) is 1.73. The molecule has 1 atom stereocenters. The molecule has 1 unspecified atom stereocenters. The third-order valence-electron chi connectivity index (χ3n) is 3.70. The lowest BCUT2D eigenvalue weighted by molar-refractivity contribution is -0.174. The third kappa shape index (κ3) is 1.63. The largest absolute Gasteiger partial charge is 0.497 e. The minimum absolute atomic E-state index is 0.175. The molecule has 2 rings (SSSR count). The second-order valence-corrected chi connectivity index (χ2v) is 4.45. The van der Waals surface area contributed by atoms with E-state index in [2.05, 4.69) is 0 Å². The number of carboxylic acids is 2. The van der Waals surface area contributed by atoms with Crippen LogP contribution in [0, 0.1) is 5.41 Å². The number of carboxylic acid groups (broad SMARTS) is 2. The van der Waals surface area contributed by atoms with Crippen molar-refractivity contribution in [3.8, 4) is 5.75 Å². The fraction of sp³-hybridized carbons (Fsp3) is 0.385. The van der Waals surface area contributed by atoms with E-state index in [4.69, 9.17) is 4.74 Å². The van der Waals surface area contributed by atoms with E-state index in [1.165, 1.54) is 7.11 Å². The van der Waals surface area contributed by atoms with Crippen molar-refractivity contribution < 1.29 is 24.5 Å². The Hall–Kier alpha value is -2.04. The fourth-order valence-corrected chi connectivity index (χ4v) is 2.47. The van der Waals surface area contributed by atoms with Crippen molar-refractivity contribution in [3.63, 3.8) is 0 Å². The second-order valence-electron chi connectivity index (χ2n) is 4.45.